The normalized spacial score (nSPS) is 11.1. The average Bonchev–Trinajstić information content (AvgIpc) is 2.47. The monoisotopic (exact) mass is 316 g/mol. The Labute approximate surface area is 135 Å². The first-order valence-corrected chi connectivity index (χ1v) is 8.97. The Bertz CT molecular complexity index is 596. The number of ether oxygens (including phenoxy) is 2. The van der Waals surface area contributed by atoms with Gasteiger partial charge in [0.15, 0.2) is 0 Å². The van der Waals surface area contributed by atoms with Gasteiger partial charge in [-0.05, 0) is 51.7 Å². The first-order valence-electron chi connectivity index (χ1n) is 7.56. The molecule has 0 unspecified atom stereocenters. The highest BCUT2D eigenvalue weighted by molar-refractivity contribution is 7.74. The molecule has 0 amide bonds. The predicted octanol–water partition coefficient (Wildman–Crippen LogP) is 4.16. The molecule has 0 atom stereocenters. The average molecular weight is 316 g/mol. The Balaban J connectivity index is 2.66. The summed E-state index contributed by atoms with van der Waals surface area (Å²) in [5.74, 6) is 1.93. The lowest BCUT2D eigenvalue weighted by atomic mass is 10.2. The summed E-state index contributed by atoms with van der Waals surface area (Å²) in [5, 5.41) is 2.58. The molecule has 0 aliphatic carbocycles. The van der Waals surface area contributed by atoms with Gasteiger partial charge in [0.25, 0.3) is 0 Å². The van der Waals surface area contributed by atoms with Crippen molar-refractivity contribution in [2.24, 2.45) is 0 Å². The molecule has 0 aromatic heterocycles. The molecule has 2 aromatic rings. The molecule has 2 rings (SSSR count). The Hall–Kier alpha value is -1.53. The molecule has 3 heteroatoms. The zero-order valence-electron chi connectivity index (χ0n) is 14.3. The van der Waals surface area contributed by atoms with Crippen LogP contribution in [0.15, 0.2) is 36.4 Å². The van der Waals surface area contributed by atoms with E-state index in [1.165, 1.54) is 21.7 Å². The van der Waals surface area contributed by atoms with Crippen molar-refractivity contribution in [3.8, 4) is 11.5 Å². The van der Waals surface area contributed by atoms with Crippen LogP contribution in [0, 0.1) is 13.8 Å². The van der Waals surface area contributed by atoms with Gasteiger partial charge in [0, 0.05) is 10.6 Å². The second kappa shape index (κ2) is 7.15. The Morgan fingerprint density at radius 1 is 0.773 bits per heavy atom. The van der Waals surface area contributed by atoms with Gasteiger partial charge in [-0.25, -0.2) is 0 Å². The molecular formula is C19H25O2P. The van der Waals surface area contributed by atoms with Gasteiger partial charge >= 0.3 is 0 Å². The van der Waals surface area contributed by atoms with E-state index in [9.17, 15) is 0 Å². The van der Waals surface area contributed by atoms with E-state index in [2.05, 4.69) is 64.1 Å². The molecule has 0 fully saturated rings. The van der Waals surface area contributed by atoms with E-state index >= 15 is 0 Å². The van der Waals surface area contributed by atoms with Crippen molar-refractivity contribution in [1.29, 1.82) is 0 Å². The van der Waals surface area contributed by atoms with E-state index in [1.54, 1.807) is 14.2 Å². The molecule has 0 saturated carbocycles. The van der Waals surface area contributed by atoms with Gasteiger partial charge < -0.3 is 9.47 Å². The lowest BCUT2D eigenvalue weighted by Gasteiger charge is -2.26. The standard InChI is InChI=1S/C19H25O2P/c1-13(2)22(18-11-14(3)7-9-16(18)20-5)19-12-15(4)8-10-17(19)21-6/h7-13H,1-6H3. The zero-order valence-corrected chi connectivity index (χ0v) is 15.2. The van der Waals surface area contributed by atoms with E-state index in [-0.39, 0.29) is 0 Å². The van der Waals surface area contributed by atoms with Crippen molar-refractivity contribution in [1.82, 2.24) is 0 Å². The Morgan fingerprint density at radius 3 is 1.50 bits per heavy atom. The Morgan fingerprint density at radius 2 is 1.18 bits per heavy atom. The fourth-order valence-electron chi connectivity index (χ4n) is 2.66. The van der Waals surface area contributed by atoms with Crippen LogP contribution in [-0.2, 0) is 0 Å². The maximum atomic E-state index is 5.63. The summed E-state index contributed by atoms with van der Waals surface area (Å²) in [7, 11) is 2.95. The number of hydrogen-bond acceptors (Lipinski definition) is 2. The Kier molecular flexibility index (Phi) is 5.47. The van der Waals surface area contributed by atoms with Gasteiger partial charge in [-0.3, -0.25) is 0 Å². The van der Waals surface area contributed by atoms with Crippen LogP contribution in [0.25, 0.3) is 0 Å². The van der Waals surface area contributed by atoms with Crippen LogP contribution >= 0.6 is 7.92 Å². The maximum absolute atomic E-state index is 5.63. The summed E-state index contributed by atoms with van der Waals surface area (Å²) in [6.07, 6.45) is 0. The van der Waals surface area contributed by atoms with Crippen LogP contribution in [0.4, 0.5) is 0 Å². The third kappa shape index (κ3) is 3.44. The molecule has 118 valence electrons. The molecule has 0 saturated heterocycles. The van der Waals surface area contributed by atoms with Crippen LogP contribution in [0.1, 0.15) is 25.0 Å². The molecule has 0 spiro atoms. The fourth-order valence-corrected chi connectivity index (χ4v) is 5.53. The van der Waals surface area contributed by atoms with Crippen LogP contribution in [0.3, 0.4) is 0 Å². The number of methoxy groups -OCH3 is 2. The number of rotatable bonds is 5. The SMILES string of the molecule is COc1ccc(C)cc1P(c1cc(C)ccc1OC)C(C)C. The van der Waals surface area contributed by atoms with Crippen molar-refractivity contribution in [2.75, 3.05) is 14.2 Å². The van der Waals surface area contributed by atoms with E-state index in [0.717, 1.165) is 11.5 Å². The van der Waals surface area contributed by atoms with Crippen molar-refractivity contribution < 1.29 is 9.47 Å². The molecule has 2 aromatic carbocycles. The van der Waals surface area contributed by atoms with Gasteiger partial charge in [0.2, 0.25) is 0 Å². The van der Waals surface area contributed by atoms with Gasteiger partial charge in [-0.2, -0.15) is 0 Å². The minimum atomic E-state index is -0.546. The predicted molar refractivity (Wildman–Crippen MR) is 96.8 cm³/mol. The molecular weight excluding hydrogens is 291 g/mol. The second-order valence-electron chi connectivity index (χ2n) is 5.81. The lowest BCUT2D eigenvalue weighted by molar-refractivity contribution is 0.417. The van der Waals surface area contributed by atoms with E-state index in [4.69, 9.17) is 9.47 Å². The molecule has 2 nitrogen and oxygen atoms in total. The molecule has 0 bridgehead atoms. The van der Waals surface area contributed by atoms with Crippen molar-refractivity contribution in [2.45, 2.75) is 33.4 Å². The van der Waals surface area contributed by atoms with Crippen LogP contribution in [-0.4, -0.2) is 19.9 Å². The summed E-state index contributed by atoms with van der Waals surface area (Å²) in [6, 6.07) is 12.9. The van der Waals surface area contributed by atoms with Crippen molar-refractivity contribution in [3.63, 3.8) is 0 Å². The third-order valence-corrected chi connectivity index (χ3v) is 6.47. The quantitative estimate of drug-likeness (QED) is 0.771. The van der Waals surface area contributed by atoms with Crippen LogP contribution in [0.2, 0.25) is 0 Å². The summed E-state index contributed by atoms with van der Waals surface area (Å²) in [6.45, 7) is 8.80. The van der Waals surface area contributed by atoms with Gasteiger partial charge in [-0.1, -0.05) is 37.1 Å². The smallest absolute Gasteiger partial charge is 0.126 e. The van der Waals surface area contributed by atoms with Gasteiger partial charge in [-0.15, -0.1) is 0 Å². The lowest BCUT2D eigenvalue weighted by Crippen LogP contribution is -2.21. The first kappa shape index (κ1) is 16.8. The largest absolute Gasteiger partial charge is 0.496 e. The van der Waals surface area contributed by atoms with Crippen LogP contribution in [0.5, 0.6) is 11.5 Å². The van der Waals surface area contributed by atoms with Gasteiger partial charge in [0.1, 0.15) is 11.5 Å². The summed E-state index contributed by atoms with van der Waals surface area (Å²) in [4.78, 5) is 0. The van der Waals surface area contributed by atoms with Crippen molar-refractivity contribution >= 4 is 18.5 Å². The number of hydrogen-bond donors (Lipinski definition) is 0. The highest BCUT2D eigenvalue weighted by Gasteiger charge is 2.24. The van der Waals surface area contributed by atoms with E-state index < -0.39 is 7.92 Å². The topological polar surface area (TPSA) is 18.5 Å². The highest BCUT2D eigenvalue weighted by atomic mass is 31.1. The number of benzene rings is 2. The minimum Gasteiger partial charge on any atom is -0.496 e. The fraction of sp³-hybridized carbons (Fsp3) is 0.368. The molecule has 22 heavy (non-hydrogen) atoms. The van der Waals surface area contributed by atoms with E-state index in [1.807, 2.05) is 0 Å². The third-order valence-electron chi connectivity index (χ3n) is 3.70. The maximum Gasteiger partial charge on any atom is 0.126 e. The minimum absolute atomic E-state index is 0.501. The first-order chi connectivity index (χ1) is 10.5. The molecule has 0 N–H and O–H groups in total. The zero-order chi connectivity index (χ0) is 16.3. The highest BCUT2D eigenvalue weighted by Crippen LogP contribution is 2.44. The van der Waals surface area contributed by atoms with Gasteiger partial charge in [0.05, 0.1) is 14.2 Å². The molecule has 0 radical (unpaired) electrons. The summed E-state index contributed by atoms with van der Waals surface area (Å²) in [5.41, 5.74) is 3.02. The number of aryl methyl sites for hydroxylation is 2. The van der Waals surface area contributed by atoms with E-state index in [0.29, 0.717) is 5.66 Å². The van der Waals surface area contributed by atoms with Crippen molar-refractivity contribution in [3.05, 3.63) is 47.5 Å². The molecule has 0 heterocycles. The summed E-state index contributed by atoms with van der Waals surface area (Å²) < 4.78 is 11.3. The molecule has 0 aliphatic rings. The summed E-state index contributed by atoms with van der Waals surface area (Å²) >= 11 is 0. The second-order valence-corrected chi connectivity index (χ2v) is 8.55. The van der Waals surface area contributed by atoms with Crippen LogP contribution < -0.4 is 20.1 Å². The molecule has 0 aliphatic heterocycles.